The molecule has 6 heteroatoms. The number of carbonyl (C=O) groups excluding carboxylic acids is 1. The second kappa shape index (κ2) is 6.75. The first-order valence-electron chi connectivity index (χ1n) is 7.54. The zero-order chi connectivity index (χ0) is 15.5. The molecule has 0 saturated carbocycles. The standard InChI is InChI=1S/C15H24N2O3S/c1-3-5-15(18)14-7-9-16(12-14)10-13-6-4-8-17(11-13)21(2,19)20/h7,9,12-13H,3-6,8,10-11H2,1-2H3. The Hall–Kier alpha value is -1.14. The predicted molar refractivity (Wildman–Crippen MR) is 82.8 cm³/mol. The second-order valence-electron chi connectivity index (χ2n) is 5.90. The van der Waals surface area contributed by atoms with Crippen LogP contribution in [0.1, 0.15) is 43.0 Å². The fourth-order valence-electron chi connectivity index (χ4n) is 2.87. The van der Waals surface area contributed by atoms with Crippen LogP contribution in [0.5, 0.6) is 0 Å². The normalized spacial score (nSPS) is 20.6. The number of carbonyl (C=O) groups is 1. The first-order chi connectivity index (χ1) is 9.90. The molecule has 0 amide bonds. The molecule has 1 saturated heterocycles. The molecular formula is C15H24N2O3S. The number of piperidine rings is 1. The van der Waals surface area contributed by atoms with E-state index in [1.165, 1.54) is 6.26 Å². The van der Waals surface area contributed by atoms with Crippen molar-refractivity contribution in [3.63, 3.8) is 0 Å². The number of rotatable bonds is 6. The fourth-order valence-corrected chi connectivity index (χ4v) is 3.81. The molecule has 5 nitrogen and oxygen atoms in total. The highest BCUT2D eigenvalue weighted by molar-refractivity contribution is 7.88. The molecule has 1 aromatic rings. The van der Waals surface area contributed by atoms with Crippen LogP contribution < -0.4 is 0 Å². The van der Waals surface area contributed by atoms with E-state index in [9.17, 15) is 13.2 Å². The van der Waals surface area contributed by atoms with Gasteiger partial charge in [0, 0.05) is 44.0 Å². The molecule has 2 heterocycles. The van der Waals surface area contributed by atoms with Crippen molar-refractivity contribution in [3.8, 4) is 0 Å². The van der Waals surface area contributed by atoms with Crippen molar-refractivity contribution < 1.29 is 13.2 Å². The highest BCUT2D eigenvalue weighted by Crippen LogP contribution is 2.21. The fraction of sp³-hybridized carbons (Fsp3) is 0.667. The van der Waals surface area contributed by atoms with E-state index >= 15 is 0 Å². The zero-order valence-electron chi connectivity index (χ0n) is 12.8. The Morgan fingerprint density at radius 1 is 1.43 bits per heavy atom. The van der Waals surface area contributed by atoms with Gasteiger partial charge >= 0.3 is 0 Å². The third-order valence-electron chi connectivity index (χ3n) is 3.97. The lowest BCUT2D eigenvalue weighted by atomic mass is 10.00. The summed E-state index contributed by atoms with van der Waals surface area (Å²) < 4.78 is 26.8. The molecule has 2 rings (SSSR count). The van der Waals surface area contributed by atoms with Gasteiger partial charge in [0.25, 0.3) is 0 Å². The number of Topliss-reactive ketones (excluding diaryl/α,β-unsaturated/α-hetero) is 1. The lowest BCUT2D eigenvalue weighted by molar-refractivity contribution is 0.0981. The molecule has 1 unspecified atom stereocenters. The average Bonchev–Trinajstić information content (AvgIpc) is 2.87. The van der Waals surface area contributed by atoms with Crippen molar-refractivity contribution >= 4 is 15.8 Å². The summed E-state index contributed by atoms with van der Waals surface area (Å²) in [7, 11) is -3.10. The smallest absolute Gasteiger partial charge is 0.211 e. The summed E-state index contributed by atoms with van der Waals surface area (Å²) in [6.45, 7) is 3.97. The highest BCUT2D eigenvalue weighted by atomic mass is 32.2. The Labute approximate surface area is 127 Å². The average molecular weight is 312 g/mol. The van der Waals surface area contributed by atoms with Crippen LogP contribution in [0.2, 0.25) is 0 Å². The van der Waals surface area contributed by atoms with Crippen LogP contribution in [0, 0.1) is 5.92 Å². The van der Waals surface area contributed by atoms with E-state index in [-0.39, 0.29) is 5.78 Å². The Kier molecular flexibility index (Phi) is 5.22. The number of aromatic nitrogens is 1. The summed E-state index contributed by atoms with van der Waals surface area (Å²) in [4.78, 5) is 11.8. The van der Waals surface area contributed by atoms with E-state index in [0.29, 0.717) is 25.4 Å². The van der Waals surface area contributed by atoms with Gasteiger partial charge in [-0.2, -0.15) is 0 Å². The first-order valence-corrected chi connectivity index (χ1v) is 9.39. The summed E-state index contributed by atoms with van der Waals surface area (Å²) in [6, 6.07) is 1.86. The van der Waals surface area contributed by atoms with Gasteiger partial charge in [-0.1, -0.05) is 6.92 Å². The summed E-state index contributed by atoms with van der Waals surface area (Å²) in [5, 5.41) is 0. The molecular weight excluding hydrogens is 288 g/mol. The molecule has 21 heavy (non-hydrogen) atoms. The second-order valence-corrected chi connectivity index (χ2v) is 7.88. The molecule has 0 aromatic carbocycles. The van der Waals surface area contributed by atoms with Crippen LogP contribution in [-0.4, -0.2) is 42.4 Å². The van der Waals surface area contributed by atoms with E-state index in [1.54, 1.807) is 4.31 Å². The van der Waals surface area contributed by atoms with Crippen LogP contribution in [0.15, 0.2) is 18.5 Å². The Morgan fingerprint density at radius 2 is 2.19 bits per heavy atom. The largest absolute Gasteiger partial charge is 0.353 e. The monoisotopic (exact) mass is 312 g/mol. The third-order valence-corrected chi connectivity index (χ3v) is 5.24. The minimum atomic E-state index is -3.10. The molecule has 1 aliphatic heterocycles. The Bertz CT molecular complexity index is 592. The third kappa shape index (κ3) is 4.41. The first kappa shape index (κ1) is 16.2. The molecule has 0 radical (unpaired) electrons. The van der Waals surface area contributed by atoms with Crippen molar-refractivity contribution in [2.24, 2.45) is 5.92 Å². The molecule has 1 atom stereocenters. The molecule has 0 N–H and O–H groups in total. The van der Waals surface area contributed by atoms with E-state index in [1.807, 2.05) is 30.0 Å². The van der Waals surface area contributed by atoms with Crippen LogP contribution in [0.3, 0.4) is 0 Å². The van der Waals surface area contributed by atoms with Crippen molar-refractivity contribution in [1.82, 2.24) is 8.87 Å². The van der Waals surface area contributed by atoms with Gasteiger partial charge in [0.05, 0.1) is 6.26 Å². The summed E-state index contributed by atoms with van der Waals surface area (Å²) >= 11 is 0. The number of hydrogen-bond acceptors (Lipinski definition) is 3. The van der Waals surface area contributed by atoms with Gasteiger partial charge in [-0.15, -0.1) is 0 Å². The number of sulfonamides is 1. The van der Waals surface area contributed by atoms with Crippen LogP contribution >= 0.6 is 0 Å². The lowest BCUT2D eigenvalue weighted by Crippen LogP contribution is -2.40. The highest BCUT2D eigenvalue weighted by Gasteiger charge is 2.26. The van der Waals surface area contributed by atoms with E-state index in [2.05, 4.69) is 0 Å². The van der Waals surface area contributed by atoms with Crippen LogP contribution in [0.4, 0.5) is 0 Å². The maximum Gasteiger partial charge on any atom is 0.211 e. The Balaban J connectivity index is 1.97. The number of hydrogen-bond donors (Lipinski definition) is 0. The van der Waals surface area contributed by atoms with E-state index in [0.717, 1.165) is 31.4 Å². The van der Waals surface area contributed by atoms with Gasteiger partial charge < -0.3 is 4.57 Å². The van der Waals surface area contributed by atoms with E-state index in [4.69, 9.17) is 0 Å². The molecule has 1 aromatic heterocycles. The Morgan fingerprint density at radius 3 is 2.86 bits per heavy atom. The SMILES string of the molecule is CCCC(=O)c1ccn(CC2CCCN(S(C)(=O)=O)C2)c1. The molecule has 1 fully saturated rings. The minimum Gasteiger partial charge on any atom is -0.353 e. The van der Waals surface area contributed by atoms with Gasteiger partial charge in [-0.25, -0.2) is 12.7 Å². The number of nitrogens with zero attached hydrogens (tertiary/aromatic N) is 2. The van der Waals surface area contributed by atoms with E-state index < -0.39 is 10.0 Å². The number of ketones is 1. The van der Waals surface area contributed by atoms with Gasteiger partial charge in [0.1, 0.15) is 0 Å². The molecule has 0 bridgehead atoms. The molecule has 0 spiro atoms. The van der Waals surface area contributed by atoms with Crippen LogP contribution in [-0.2, 0) is 16.6 Å². The van der Waals surface area contributed by atoms with Crippen LogP contribution in [0.25, 0.3) is 0 Å². The topological polar surface area (TPSA) is 59.4 Å². The van der Waals surface area contributed by atoms with Crippen molar-refractivity contribution in [3.05, 3.63) is 24.0 Å². The zero-order valence-corrected chi connectivity index (χ0v) is 13.6. The maximum atomic E-state index is 11.8. The van der Waals surface area contributed by atoms with Crippen molar-refractivity contribution in [2.45, 2.75) is 39.2 Å². The lowest BCUT2D eigenvalue weighted by Gasteiger charge is -2.31. The molecule has 1 aliphatic rings. The molecule has 118 valence electrons. The van der Waals surface area contributed by atoms with Gasteiger partial charge in [-0.3, -0.25) is 4.79 Å². The minimum absolute atomic E-state index is 0.178. The summed E-state index contributed by atoms with van der Waals surface area (Å²) in [5.41, 5.74) is 0.757. The van der Waals surface area contributed by atoms with Gasteiger partial charge in [0.2, 0.25) is 10.0 Å². The van der Waals surface area contributed by atoms with Gasteiger partial charge in [-0.05, 0) is 31.2 Å². The van der Waals surface area contributed by atoms with Gasteiger partial charge in [0.15, 0.2) is 5.78 Å². The predicted octanol–water partition coefficient (Wildman–Crippen LogP) is 2.14. The van der Waals surface area contributed by atoms with Crippen molar-refractivity contribution in [1.29, 1.82) is 0 Å². The molecule has 0 aliphatic carbocycles. The summed E-state index contributed by atoms with van der Waals surface area (Å²) in [6.07, 6.45) is 8.44. The maximum absolute atomic E-state index is 11.8. The summed E-state index contributed by atoms with van der Waals surface area (Å²) in [5.74, 6) is 0.493. The quantitative estimate of drug-likeness (QED) is 0.756. The van der Waals surface area contributed by atoms with Crippen molar-refractivity contribution in [2.75, 3.05) is 19.3 Å².